The minimum Gasteiger partial charge on any atom is -0.497 e. The predicted molar refractivity (Wildman–Crippen MR) is 77.0 cm³/mol. The van der Waals surface area contributed by atoms with E-state index in [1.807, 2.05) is 18.2 Å². The maximum absolute atomic E-state index is 5.55. The van der Waals surface area contributed by atoms with E-state index in [4.69, 9.17) is 13.9 Å². The van der Waals surface area contributed by atoms with Gasteiger partial charge in [-0.15, -0.1) is 5.10 Å². The van der Waals surface area contributed by atoms with Gasteiger partial charge in [-0.3, -0.25) is 0 Å². The van der Waals surface area contributed by atoms with Crippen LogP contribution in [0.1, 0.15) is 18.7 Å². The van der Waals surface area contributed by atoms with Gasteiger partial charge < -0.3 is 24.5 Å². The number of nitrogens with zero attached hydrogens (tertiary/aromatic N) is 2. The van der Waals surface area contributed by atoms with E-state index in [1.54, 1.807) is 14.2 Å². The van der Waals surface area contributed by atoms with Crippen LogP contribution < -0.4 is 20.1 Å². The van der Waals surface area contributed by atoms with Crippen LogP contribution in [0.3, 0.4) is 0 Å². The van der Waals surface area contributed by atoms with Crippen molar-refractivity contribution < 1.29 is 13.9 Å². The Morgan fingerprint density at radius 2 is 2.10 bits per heavy atom. The summed E-state index contributed by atoms with van der Waals surface area (Å²) in [5, 5.41) is 14.3. The lowest BCUT2D eigenvalue weighted by Crippen LogP contribution is -2.15. The van der Waals surface area contributed by atoms with E-state index in [0.29, 0.717) is 41.7 Å². The Hall–Kier alpha value is -2.28. The number of nitrogens with one attached hydrogen (secondary N) is 2. The first kappa shape index (κ1) is 13.7. The quantitative estimate of drug-likeness (QED) is 0.808. The minimum atomic E-state index is 0.328. The molecule has 21 heavy (non-hydrogen) atoms. The predicted octanol–water partition coefficient (Wildman–Crippen LogP) is 2.08. The largest absolute Gasteiger partial charge is 0.497 e. The molecule has 1 aromatic heterocycles. The molecule has 0 amide bonds. The maximum atomic E-state index is 5.55. The molecule has 112 valence electrons. The monoisotopic (exact) mass is 290 g/mol. The number of rotatable bonds is 7. The molecule has 0 atom stereocenters. The summed E-state index contributed by atoms with van der Waals surface area (Å²) in [6, 6.07) is 6.38. The highest BCUT2D eigenvalue weighted by Gasteiger charge is 2.21. The van der Waals surface area contributed by atoms with Gasteiger partial charge in [-0.2, -0.15) is 0 Å². The van der Waals surface area contributed by atoms with Gasteiger partial charge in [0.2, 0.25) is 5.89 Å². The summed E-state index contributed by atoms with van der Waals surface area (Å²) in [5.41, 5.74) is 0.710. The lowest BCUT2D eigenvalue weighted by Gasteiger charge is -2.09. The van der Waals surface area contributed by atoms with Gasteiger partial charge in [-0.05, 0) is 25.0 Å². The van der Waals surface area contributed by atoms with Crippen molar-refractivity contribution in [2.45, 2.75) is 25.4 Å². The minimum absolute atomic E-state index is 0.328. The average molecular weight is 290 g/mol. The third-order valence-electron chi connectivity index (χ3n) is 3.23. The number of hydrogen-bond acceptors (Lipinski definition) is 7. The Morgan fingerprint density at radius 1 is 1.24 bits per heavy atom. The number of ether oxygens (including phenoxy) is 2. The van der Waals surface area contributed by atoms with Crippen molar-refractivity contribution in [2.24, 2.45) is 0 Å². The third-order valence-corrected chi connectivity index (χ3v) is 3.23. The molecule has 3 rings (SSSR count). The van der Waals surface area contributed by atoms with Crippen LogP contribution in [0.15, 0.2) is 22.6 Å². The smallest absolute Gasteiger partial charge is 0.320 e. The second kappa shape index (κ2) is 6.01. The van der Waals surface area contributed by atoms with Crippen molar-refractivity contribution in [1.29, 1.82) is 0 Å². The van der Waals surface area contributed by atoms with E-state index in [1.165, 1.54) is 12.8 Å². The van der Waals surface area contributed by atoms with Crippen LogP contribution in [0, 0.1) is 0 Å². The third kappa shape index (κ3) is 3.43. The number of hydrogen-bond donors (Lipinski definition) is 2. The van der Waals surface area contributed by atoms with Gasteiger partial charge in [0, 0.05) is 12.1 Å². The number of aromatic nitrogens is 2. The zero-order valence-corrected chi connectivity index (χ0v) is 12.0. The van der Waals surface area contributed by atoms with Crippen LogP contribution in [0.5, 0.6) is 11.5 Å². The van der Waals surface area contributed by atoms with Gasteiger partial charge in [0.1, 0.15) is 11.5 Å². The van der Waals surface area contributed by atoms with Crippen LogP contribution in [0.25, 0.3) is 0 Å². The average Bonchev–Trinajstić information content (AvgIpc) is 3.24. The molecule has 0 aliphatic heterocycles. The van der Waals surface area contributed by atoms with E-state index in [9.17, 15) is 0 Å². The molecule has 0 unspecified atom stereocenters. The second-order valence-corrected chi connectivity index (χ2v) is 4.85. The normalized spacial score (nSPS) is 14.0. The highest BCUT2D eigenvalue weighted by molar-refractivity contribution is 5.64. The van der Waals surface area contributed by atoms with Crippen molar-refractivity contribution in [3.8, 4) is 11.5 Å². The number of anilines is 2. The summed E-state index contributed by atoms with van der Waals surface area (Å²) in [6.07, 6.45) is 2.44. The molecule has 0 radical (unpaired) electrons. The molecule has 2 aromatic rings. The van der Waals surface area contributed by atoms with Gasteiger partial charge in [-0.1, -0.05) is 5.10 Å². The van der Waals surface area contributed by atoms with E-state index in [-0.39, 0.29) is 0 Å². The highest BCUT2D eigenvalue weighted by atomic mass is 16.5. The molecule has 1 heterocycles. The van der Waals surface area contributed by atoms with E-state index in [0.717, 1.165) is 0 Å². The van der Waals surface area contributed by atoms with Crippen molar-refractivity contribution in [2.75, 3.05) is 19.5 Å². The molecule has 0 spiro atoms. The molecular formula is C14H18N4O3. The van der Waals surface area contributed by atoms with E-state index < -0.39 is 0 Å². The zero-order chi connectivity index (χ0) is 14.7. The van der Waals surface area contributed by atoms with Crippen LogP contribution in [-0.4, -0.2) is 30.5 Å². The first-order valence-corrected chi connectivity index (χ1v) is 6.83. The van der Waals surface area contributed by atoms with Crippen molar-refractivity contribution in [3.63, 3.8) is 0 Å². The molecule has 1 aromatic carbocycles. The molecule has 7 heteroatoms. The Morgan fingerprint density at radius 3 is 2.81 bits per heavy atom. The highest BCUT2D eigenvalue weighted by Crippen LogP contribution is 2.31. The Labute approximate surface area is 122 Å². The fourth-order valence-electron chi connectivity index (χ4n) is 1.92. The van der Waals surface area contributed by atoms with Crippen LogP contribution >= 0.6 is 0 Å². The lowest BCUT2D eigenvalue weighted by atomic mass is 10.2. The van der Waals surface area contributed by atoms with Crippen molar-refractivity contribution in [3.05, 3.63) is 24.1 Å². The molecular weight excluding hydrogens is 272 g/mol. The summed E-state index contributed by atoms with van der Waals surface area (Å²) in [5.74, 6) is 1.95. The zero-order valence-electron chi connectivity index (χ0n) is 12.0. The first-order valence-electron chi connectivity index (χ1n) is 6.83. The number of methoxy groups -OCH3 is 2. The van der Waals surface area contributed by atoms with Crippen LogP contribution in [0.2, 0.25) is 0 Å². The summed E-state index contributed by atoms with van der Waals surface area (Å²) in [4.78, 5) is 0. The fraction of sp³-hybridized carbons (Fsp3) is 0.429. The van der Waals surface area contributed by atoms with E-state index >= 15 is 0 Å². The molecule has 7 nitrogen and oxygen atoms in total. The van der Waals surface area contributed by atoms with Gasteiger partial charge in [0.15, 0.2) is 0 Å². The van der Waals surface area contributed by atoms with Crippen molar-refractivity contribution in [1.82, 2.24) is 15.5 Å². The summed E-state index contributed by atoms with van der Waals surface area (Å²) in [7, 11) is 3.21. The molecule has 1 fully saturated rings. The SMILES string of the molecule is COc1ccc(OC)c(Nc2nnc(CNC3CC3)o2)c1. The van der Waals surface area contributed by atoms with Gasteiger partial charge in [0.05, 0.1) is 26.5 Å². The Balaban J connectivity index is 1.69. The van der Waals surface area contributed by atoms with Gasteiger partial charge in [-0.25, -0.2) is 0 Å². The molecule has 2 N–H and O–H groups in total. The summed E-state index contributed by atoms with van der Waals surface area (Å²) >= 11 is 0. The Bertz CT molecular complexity index is 610. The molecule has 1 saturated carbocycles. The van der Waals surface area contributed by atoms with Gasteiger partial charge >= 0.3 is 6.01 Å². The molecule has 1 aliphatic rings. The molecule has 0 bridgehead atoms. The summed E-state index contributed by atoms with van der Waals surface area (Å²) < 4.78 is 16.0. The first-order chi connectivity index (χ1) is 10.3. The lowest BCUT2D eigenvalue weighted by molar-refractivity contribution is 0.404. The fourth-order valence-corrected chi connectivity index (χ4v) is 1.92. The van der Waals surface area contributed by atoms with Crippen LogP contribution in [-0.2, 0) is 6.54 Å². The standard InChI is InChI=1S/C14H18N4O3/c1-19-10-5-6-12(20-2)11(7-10)16-14-18-17-13(21-14)8-15-9-3-4-9/h5-7,9,15H,3-4,8H2,1-2H3,(H,16,18). The topological polar surface area (TPSA) is 81.4 Å². The van der Waals surface area contributed by atoms with Crippen LogP contribution in [0.4, 0.5) is 11.7 Å². The second-order valence-electron chi connectivity index (χ2n) is 4.85. The van der Waals surface area contributed by atoms with Gasteiger partial charge in [0.25, 0.3) is 0 Å². The van der Waals surface area contributed by atoms with Crippen molar-refractivity contribution >= 4 is 11.7 Å². The maximum Gasteiger partial charge on any atom is 0.320 e. The summed E-state index contributed by atoms with van der Waals surface area (Å²) in [6.45, 7) is 0.592. The Kier molecular flexibility index (Phi) is 3.92. The van der Waals surface area contributed by atoms with E-state index in [2.05, 4.69) is 20.8 Å². The molecule has 1 aliphatic carbocycles. The molecule has 0 saturated heterocycles. The number of benzene rings is 1.